The second-order valence-corrected chi connectivity index (χ2v) is 4.51. The summed E-state index contributed by atoms with van der Waals surface area (Å²) >= 11 is 11.9. The number of benzene rings is 2. The molecule has 0 N–H and O–H groups in total. The highest BCUT2D eigenvalue weighted by molar-refractivity contribution is 6.32. The van der Waals surface area contributed by atoms with Crippen molar-refractivity contribution >= 4 is 23.2 Å². The van der Waals surface area contributed by atoms with E-state index in [-0.39, 0.29) is 0 Å². The van der Waals surface area contributed by atoms with Crippen molar-refractivity contribution in [2.45, 2.75) is 0 Å². The van der Waals surface area contributed by atoms with Gasteiger partial charge >= 0.3 is 0 Å². The van der Waals surface area contributed by atoms with Gasteiger partial charge in [-0.15, -0.1) is 0 Å². The zero-order valence-electron chi connectivity index (χ0n) is 10.0. The molecule has 18 heavy (non-hydrogen) atoms. The van der Waals surface area contributed by atoms with E-state index in [1.165, 1.54) is 0 Å². The third-order valence-corrected chi connectivity index (χ3v) is 3.18. The standard InChI is InChI=1S/C14H12Cl2O2/c1-17-13-11(7-8-12(16)14(13)18-2)9-3-5-10(15)6-4-9/h3-8H,1-2H3. The monoisotopic (exact) mass is 282 g/mol. The van der Waals surface area contributed by atoms with E-state index in [0.717, 1.165) is 11.1 Å². The molecule has 2 aromatic carbocycles. The smallest absolute Gasteiger partial charge is 0.180 e. The Morgan fingerprint density at radius 3 is 1.94 bits per heavy atom. The second kappa shape index (κ2) is 5.51. The molecule has 2 nitrogen and oxygen atoms in total. The van der Waals surface area contributed by atoms with Crippen LogP contribution in [0.25, 0.3) is 11.1 Å². The first kappa shape index (κ1) is 13.1. The summed E-state index contributed by atoms with van der Waals surface area (Å²) in [5, 5.41) is 1.21. The minimum Gasteiger partial charge on any atom is -0.492 e. The van der Waals surface area contributed by atoms with E-state index in [9.17, 15) is 0 Å². The minimum absolute atomic E-state index is 0.520. The maximum atomic E-state index is 6.07. The summed E-state index contributed by atoms with van der Waals surface area (Å²) in [4.78, 5) is 0. The van der Waals surface area contributed by atoms with Crippen molar-refractivity contribution < 1.29 is 9.47 Å². The molecule has 0 aliphatic carbocycles. The molecule has 0 saturated carbocycles. The van der Waals surface area contributed by atoms with Crippen molar-refractivity contribution in [2.24, 2.45) is 0 Å². The maximum absolute atomic E-state index is 6.07. The summed E-state index contributed by atoms with van der Waals surface area (Å²) in [7, 11) is 3.16. The lowest BCUT2D eigenvalue weighted by molar-refractivity contribution is 0.356. The predicted molar refractivity (Wildman–Crippen MR) is 75.0 cm³/mol. The molecule has 0 spiro atoms. The van der Waals surface area contributed by atoms with Gasteiger partial charge in [-0.05, 0) is 29.8 Å². The number of hydrogen-bond acceptors (Lipinski definition) is 2. The van der Waals surface area contributed by atoms with Gasteiger partial charge < -0.3 is 9.47 Å². The van der Waals surface area contributed by atoms with Crippen LogP contribution in [0.3, 0.4) is 0 Å². The Morgan fingerprint density at radius 1 is 0.778 bits per heavy atom. The van der Waals surface area contributed by atoms with Crippen LogP contribution in [-0.2, 0) is 0 Å². The minimum atomic E-state index is 0.520. The maximum Gasteiger partial charge on any atom is 0.180 e. The van der Waals surface area contributed by atoms with E-state index < -0.39 is 0 Å². The first-order chi connectivity index (χ1) is 8.67. The van der Waals surface area contributed by atoms with Crippen LogP contribution >= 0.6 is 23.2 Å². The number of ether oxygens (including phenoxy) is 2. The van der Waals surface area contributed by atoms with Crippen molar-refractivity contribution in [2.75, 3.05) is 14.2 Å². The van der Waals surface area contributed by atoms with Gasteiger partial charge in [0.05, 0.1) is 19.2 Å². The van der Waals surface area contributed by atoms with Crippen molar-refractivity contribution in [1.82, 2.24) is 0 Å². The van der Waals surface area contributed by atoms with Gasteiger partial charge in [0.15, 0.2) is 11.5 Å². The molecule has 0 aliphatic rings. The third-order valence-electron chi connectivity index (χ3n) is 2.63. The Labute approximate surface area is 116 Å². The van der Waals surface area contributed by atoms with Gasteiger partial charge in [0, 0.05) is 10.6 Å². The van der Waals surface area contributed by atoms with E-state index in [1.807, 2.05) is 30.3 Å². The highest BCUT2D eigenvalue weighted by Crippen LogP contribution is 2.42. The highest BCUT2D eigenvalue weighted by atomic mass is 35.5. The molecule has 4 heteroatoms. The van der Waals surface area contributed by atoms with Gasteiger partial charge in [-0.1, -0.05) is 35.3 Å². The Kier molecular flexibility index (Phi) is 4.00. The van der Waals surface area contributed by atoms with E-state index in [1.54, 1.807) is 20.3 Å². The van der Waals surface area contributed by atoms with E-state index in [2.05, 4.69) is 0 Å². The van der Waals surface area contributed by atoms with Crippen LogP contribution in [0.2, 0.25) is 10.0 Å². The molecule has 0 atom stereocenters. The summed E-state index contributed by atoms with van der Waals surface area (Å²) < 4.78 is 10.7. The molecule has 0 unspecified atom stereocenters. The molecule has 2 aromatic rings. The van der Waals surface area contributed by atoms with Crippen LogP contribution < -0.4 is 9.47 Å². The molecule has 0 aromatic heterocycles. The Morgan fingerprint density at radius 2 is 1.39 bits per heavy atom. The molecule has 0 heterocycles. The van der Waals surface area contributed by atoms with Crippen LogP contribution in [0, 0.1) is 0 Å². The fraction of sp³-hybridized carbons (Fsp3) is 0.143. The molecule has 0 saturated heterocycles. The normalized spacial score (nSPS) is 10.2. The van der Waals surface area contributed by atoms with Crippen molar-refractivity contribution in [3.63, 3.8) is 0 Å². The second-order valence-electron chi connectivity index (χ2n) is 3.67. The zero-order valence-corrected chi connectivity index (χ0v) is 11.5. The van der Waals surface area contributed by atoms with E-state index in [4.69, 9.17) is 32.7 Å². The summed E-state index contributed by atoms with van der Waals surface area (Å²) in [6.45, 7) is 0. The molecule has 0 fully saturated rings. The van der Waals surface area contributed by atoms with E-state index >= 15 is 0 Å². The first-order valence-corrected chi connectivity index (χ1v) is 6.09. The Bertz CT molecular complexity index is 550. The Hall–Kier alpha value is -1.38. The average molecular weight is 283 g/mol. The molecule has 94 valence electrons. The number of hydrogen-bond donors (Lipinski definition) is 0. The van der Waals surface area contributed by atoms with Gasteiger partial charge in [0.1, 0.15) is 0 Å². The van der Waals surface area contributed by atoms with Crippen LogP contribution in [0.1, 0.15) is 0 Å². The molecule has 0 aliphatic heterocycles. The van der Waals surface area contributed by atoms with Crippen molar-refractivity contribution in [1.29, 1.82) is 0 Å². The van der Waals surface area contributed by atoms with Crippen molar-refractivity contribution in [3.8, 4) is 22.6 Å². The fourth-order valence-electron chi connectivity index (χ4n) is 1.79. The molecular formula is C14H12Cl2O2. The summed E-state index contributed by atoms with van der Waals surface area (Å²) in [6, 6.07) is 11.2. The summed E-state index contributed by atoms with van der Waals surface area (Å²) in [5.74, 6) is 1.15. The van der Waals surface area contributed by atoms with Gasteiger partial charge in [-0.2, -0.15) is 0 Å². The topological polar surface area (TPSA) is 18.5 Å². The quantitative estimate of drug-likeness (QED) is 0.814. The van der Waals surface area contributed by atoms with Gasteiger partial charge in [-0.25, -0.2) is 0 Å². The Balaban J connectivity index is 2.60. The molecule has 0 radical (unpaired) electrons. The van der Waals surface area contributed by atoms with Crippen LogP contribution in [-0.4, -0.2) is 14.2 Å². The lowest BCUT2D eigenvalue weighted by atomic mass is 10.0. The van der Waals surface area contributed by atoms with Crippen LogP contribution in [0.4, 0.5) is 0 Å². The number of halogens is 2. The van der Waals surface area contributed by atoms with Crippen LogP contribution in [0.5, 0.6) is 11.5 Å². The first-order valence-electron chi connectivity index (χ1n) is 5.33. The fourth-order valence-corrected chi connectivity index (χ4v) is 2.14. The zero-order chi connectivity index (χ0) is 13.1. The summed E-state index contributed by atoms with van der Waals surface area (Å²) in [5.41, 5.74) is 1.90. The van der Waals surface area contributed by atoms with Crippen LogP contribution in [0.15, 0.2) is 36.4 Å². The third kappa shape index (κ3) is 2.40. The number of methoxy groups -OCH3 is 2. The average Bonchev–Trinajstić information content (AvgIpc) is 2.39. The predicted octanol–water partition coefficient (Wildman–Crippen LogP) is 4.68. The number of rotatable bonds is 3. The lowest BCUT2D eigenvalue weighted by Crippen LogP contribution is -1.94. The molecular weight excluding hydrogens is 271 g/mol. The SMILES string of the molecule is COc1c(Cl)ccc(-c2ccc(Cl)cc2)c1OC. The molecule has 0 bridgehead atoms. The van der Waals surface area contributed by atoms with E-state index in [0.29, 0.717) is 21.5 Å². The van der Waals surface area contributed by atoms with Gasteiger partial charge in [0.2, 0.25) is 0 Å². The molecule has 0 amide bonds. The summed E-state index contributed by atoms with van der Waals surface area (Å²) in [6.07, 6.45) is 0. The lowest BCUT2D eigenvalue weighted by Gasteiger charge is -2.14. The highest BCUT2D eigenvalue weighted by Gasteiger charge is 2.14. The van der Waals surface area contributed by atoms with Gasteiger partial charge in [0.25, 0.3) is 0 Å². The van der Waals surface area contributed by atoms with Gasteiger partial charge in [-0.3, -0.25) is 0 Å². The largest absolute Gasteiger partial charge is 0.492 e. The molecule has 2 rings (SSSR count). The van der Waals surface area contributed by atoms with Crippen molar-refractivity contribution in [3.05, 3.63) is 46.4 Å².